The normalized spacial score (nSPS) is 21.6. The topological polar surface area (TPSA) is 12.0 Å². The Hall–Kier alpha value is -0.890. The van der Waals surface area contributed by atoms with Gasteiger partial charge >= 0.3 is 0 Å². The van der Waals surface area contributed by atoms with Crippen LogP contribution in [0.1, 0.15) is 20.3 Å². The van der Waals surface area contributed by atoms with Gasteiger partial charge in [0.15, 0.2) is 0 Å². The molecule has 0 amide bonds. The third-order valence-electron chi connectivity index (χ3n) is 2.39. The number of hydrogen-bond acceptors (Lipinski definition) is 1. The van der Waals surface area contributed by atoms with Crippen LogP contribution in [0.2, 0.25) is 0 Å². The zero-order valence-electron chi connectivity index (χ0n) is 7.71. The minimum absolute atomic E-state index is 0. The predicted octanol–water partition coefficient (Wildman–Crippen LogP) is 3.25. The van der Waals surface area contributed by atoms with E-state index in [4.69, 9.17) is 12.2 Å². The smallest absolute Gasteiger partial charge is 0.0800 e. The van der Waals surface area contributed by atoms with Crippen molar-refractivity contribution < 1.29 is 1.43 Å². The molecule has 1 nitrogen and oxygen atoms in total. The summed E-state index contributed by atoms with van der Waals surface area (Å²) in [7, 11) is 0. The molecule has 1 N–H and O–H groups in total. The fraction of sp³-hybridized carbons (Fsp3) is 0.364. The molecule has 0 spiro atoms. The summed E-state index contributed by atoms with van der Waals surface area (Å²) in [4.78, 5) is 0.970. The lowest BCUT2D eigenvalue weighted by Gasteiger charge is -2.06. The lowest BCUT2D eigenvalue weighted by molar-refractivity contribution is 0.614. The quantitative estimate of drug-likeness (QED) is 0.635. The van der Waals surface area contributed by atoms with Crippen molar-refractivity contribution >= 4 is 22.9 Å². The molecule has 2 heteroatoms. The highest BCUT2D eigenvalue weighted by molar-refractivity contribution is 7.80. The zero-order chi connectivity index (χ0) is 9.26. The van der Waals surface area contributed by atoms with E-state index in [-0.39, 0.29) is 1.43 Å². The second-order valence-corrected chi connectivity index (χ2v) is 4.21. The van der Waals surface area contributed by atoms with Gasteiger partial charge in [0.2, 0.25) is 0 Å². The number of benzene rings is 1. The summed E-state index contributed by atoms with van der Waals surface area (Å²) in [5, 5.41) is 3.28. The maximum absolute atomic E-state index is 5.23. The van der Waals surface area contributed by atoms with E-state index in [9.17, 15) is 0 Å². The summed E-state index contributed by atoms with van der Waals surface area (Å²) in [6, 6.07) is 8.40. The molecule has 1 aliphatic rings. The lowest BCUT2D eigenvalue weighted by atomic mass is 9.99. The first-order valence-electron chi connectivity index (χ1n) is 4.63. The molecule has 0 fully saturated rings. The van der Waals surface area contributed by atoms with E-state index in [1.807, 2.05) is 6.07 Å². The van der Waals surface area contributed by atoms with E-state index in [1.54, 1.807) is 0 Å². The molecule has 0 aliphatic carbocycles. The molecule has 1 unspecified atom stereocenters. The van der Waals surface area contributed by atoms with Crippen molar-refractivity contribution in [2.24, 2.45) is 5.92 Å². The van der Waals surface area contributed by atoms with E-state index in [1.165, 1.54) is 11.3 Å². The standard InChI is InChI=1S/C11H13NS.H2/c1-8-6-9-4-2-3-5-10(9)12-11(13)7-8;/h2-5,8H,6-7H2,1H3,(H,12,13);1H. The predicted molar refractivity (Wildman–Crippen MR) is 62.3 cm³/mol. The van der Waals surface area contributed by atoms with Gasteiger partial charge in [-0.3, -0.25) is 0 Å². The van der Waals surface area contributed by atoms with Gasteiger partial charge < -0.3 is 5.32 Å². The van der Waals surface area contributed by atoms with Crippen molar-refractivity contribution in [3.63, 3.8) is 0 Å². The van der Waals surface area contributed by atoms with E-state index >= 15 is 0 Å². The van der Waals surface area contributed by atoms with Crippen molar-refractivity contribution in [1.82, 2.24) is 0 Å². The van der Waals surface area contributed by atoms with Crippen LogP contribution in [0.3, 0.4) is 0 Å². The van der Waals surface area contributed by atoms with Crippen LogP contribution in [0.15, 0.2) is 24.3 Å². The Balaban J connectivity index is 0.000000980. The summed E-state index contributed by atoms with van der Waals surface area (Å²) in [5.41, 5.74) is 2.58. The average Bonchev–Trinajstić information content (AvgIpc) is 2.20. The van der Waals surface area contributed by atoms with Crippen molar-refractivity contribution in [2.75, 3.05) is 5.32 Å². The van der Waals surface area contributed by atoms with E-state index in [0.717, 1.165) is 17.8 Å². The SMILES string of the molecule is CC1CC(=S)Nc2ccccc2C1.[HH]. The van der Waals surface area contributed by atoms with Gasteiger partial charge in [-0.1, -0.05) is 37.3 Å². The van der Waals surface area contributed by atoms with Gasteiger partial charge in [-0.05, 0) is 24.0 Å². The lowest BCUT2D eigenvalue weighted by Crippen LogP contribution is -2.09. The summed E-state index contributed by atoms with van der Waals surface area (Å²) in [5.74, 6) is 0.656. The van der Waals surface area contributed by atoms with Gasteiger partial charge in [0.25, 0.3) is 0 Å². The molecule has 0 aromatic heterocycles. The van der Waals surface area contributed by atoms with Crippen LogP contribution in [-0.2, 0) is 6.42 Å². The summed E-state index contributed by atoms with van der Waals surface area (Å²) >= 11 is 5.23. The molecule has 1 atom stereocenters. The first-order valence-corrected chi connectivity index (χ1v) is 5.04. The largest absolute Gasteiger partial charge is 0.350 e. The minimum Gasteiger partial charge on any atom is -0.350 e. The highest BCUT2D eigenvalue weighted by atomic mass is 32.1. The Kier molecular flexibility index (Phi) is 2.32. The van der Waals surface area contributed by atoms with Gasteiger partial charge in [-0.15, -0.1) is 0 Å². The number of para-hydroxylation sites is 1. The molecule has 13 heavy (non-hydrogen) atoms. The molecule has 70 valence electrons. The Morgan fingerprint density at radius 2 is 2.15 bits per heavy atom. The molecule has 1 aliphatic heterocycles. The molecule has 0 saturated carbocycles. The number of thiocarbonyl (C=S) groups is 1. The van der Waals surface area contributed by atoms with E-state index in [2.05, 4.69) is 30.4 Å². The fourth-order valence-electron chi connectivity index (χ4n) is 1.79. The van der Waals surface area contributed by atoms with Crippen LogP contribution in [0.5, 0.6) is 0 Å². The van der Waals surface area contributed by atoms with E-state index in [0.29, 0.717) is 5.92 Å². The average molecular weight is 193 g/mol. The maximum Gasteiger partial charge on any atom is 0.0800 e. The van der Waals surface area contributed by atoms with Crippen LogP contribution >= 0.6 is 12.2 Å². The molecular weight excluding hydrogens is 178 g/mol. The molecule has 1 aromatic rings. The molecular formula is C11H15NS. The van der Waals surface area contributed by atoms with Crippen LogP contribution in [0.4, 0.5) is 5.69 Å². The Bertz CT molecular complexity index is 338. The van der Waals surface area contributed by atoms with Crippen LogP contribution in [0, 0.1) is 5.92 Å². The van der Waals surface area contributed by atoms with Gasteiger partial charge in [0.05, 0.1) is 4.99 Å². The summed E-state index contributed by atoms with van der Waals surface area (Å²) < 4.78 is 0. The molecule has 2 rings (SSSR count). The number of nitrogens with one attached hydrogen (secondary N) is 1. The third kappa shape index (κ3) is 1.89. The zero-order valence-corrected chi connectivity index (χ0v) is 8.53. The van der Waals surface area contributed by atoms with Crippen molar-refractivity contribution in [3.05, 3.63) is 29.8 Å². The highest BCUT2D eigenvalue weighted by Gasteiger charge is 2.14. The minimum atomic E-state index is 0. The molecule has 1 aromatic carbocycles. The Morgan fingerprint density at radius 3 is 3.00 bits per heavy atom. The number of hydrogen-bond donors (Lipinski definition) is 1. The van der Waals surface area contributed by atoms with Crippen molar-refractivity contribution in [3.8, 4) is 0 Å². The number of rotatable bonds is 0. The first-order chi connectivity index (χ1) is 6.25. The number of anilines is 1. The van der Waals surface area contributed by atoms with Gasteiger partial charge in [0.1, 0.15) is 0 Å². The third-order valence-corrected chi connectivity index (χ3v) is 2.66. The van der Waals surface area contributed by atoms with Gasteiger partial charge in [-0.2, -0.15) is 0 Å². The molecule has 0 saturated heterocycles. The first kappa shape index (κ1) is 8.70. The summed E-state index contributed by atoms with van der Waals surface area (Å²) in [6.45, 7) is 2.25. The van der Waals surface area contributed by atoms with E-state index < -0.39 is 0 Å². The van der Waals surface area contributed by atoms with Crippen LogP contribution < -0.4 is 5.32 Å². The number of fused-ring (bicyclic) bond motifs is 1. The highest BCUT2D eigenvalue weighted by Crippen LogP contribution is 2.24. The van der Waals surface area contributed by atoms with Crippen LogP contribution in [0.25, 0.3) is 0 Å². The van der Waals surface area contributed by atoms with Crippen LogP contribution in [-0.4, -0.2) is 4.99 Å². The molecule has 0 bridgehead atoms. The second kappa shape index (κ2) is 3.46. The Labute approximate surface area is 85.6 Å². The second-order valence-electron chi connectivity index (χ2n) is 3.72. The van der Waals surface area contributed by atoms with Gasteiger partial charge in [-0.25, -0.2) is 0 Å². The monoisotopic (exact) mass is 193 g/mol. The van der Waals surface area contributed by atoms with Crippen molar-refractivity contribution in [2.45, 2.75) is 19.8 Å². The van der Waals surface area contributed by atoms with Gasteiger partial charge in [0, 0.05) is 13.5 Å². The molecule has 0 radical (unpaired) electrons. The fourth-order valence-corrected chi connectivity index (χ4v) is 2.18. The Morgan fingerprint density at radius 1 is 1.38 bits per heavy atom. The van der Waals surface area contributed by atoms with Crippen molar-refractivity contribution in [1.29, 1.82) is 0 Å². The maximum atomic E-state index is 5.23. The summed E-state index contributed by atoms with van der Waals surface area (Å²) in [6.07, 6.45) is 2.13. The molecule has 1 heterocycles.